The summed E-state index contributed by atoms with van der Waals surface area (Å²) in [7, 11) is 0. The van der Waals surface area contributed by atoms with E-state index in [2.05, 4.69) is 26.1 Å². The lowest BCUT2D eigenvalue weighted by atomic mass is 9.63. The van der Waals surface area contributed by atoms with Crippen molar-refractivity contribution in [2.45, 2.75) is 33.1 Å². The molecule has 2 unspecified atom stereocenters. The molecule has 1 aliphatic heterocycles. The predicted molar refractivity (Wildman–Crippen MR) is 69.6 cm³/mol. The van der Waals surface area contributed by atoms with Crippen LogP contribution < -0.4 is 5.32 Å². The Balaban J connectivity index is 2.38. The van der Waals surface area contributed by atoms with E-state index in [0.29, 0.717) is 5.92 Å². The average molecular weight is 235 g/mol. The van der Waals surface area contributed by atoms with Gasteiger partial charge >= 0.3 is 0 Å². The Kier molecular flexibility index (Phi) is 3.53. The molecule has 1 nitrogen and oxygen atoms in total. The lowest BCUT2D eigenvalue weighted by Crippen LogP contribution is -2.45. The maximum absolute atomic E-state index is 14.0. The van der Waals surface area contributed by atoms with Gasteiger partial charge in [0.1, 0.15) is 5.82 Å². The van der Waals surface area contributed by atoms with E-state index in [1.165, 1.54) is 0 Å². The summed E-state index contributed by atoms with van der Waals surface area (Å²) in [5.41, 5.74) is 1.06. The quantitative estimate of drug-likeness (QED) is 0.826. The van der Waals surface area contributed by atoms with Crippen LogP contribution in [0.1, 0.15) is 38.7 Å². The van der Waals surface area contributed by atoms with Crippen LogP contribution in [-0.4, -0.2) is 13.1 Å². The van der Waals surface area contributed by atoms with Gasteiger partial charge in [0.05, 0.1) is 0 Å². The maximum atomic E-state index is 14.0. The van der Waals surface area contributed by atoms with Gasteiger partial charge in [0, 0.05) is 12.5 Å². The molecule has 0 aliphatic carbocycles. The van der Waals surface area contributed by atoms with Gasteiger partial charge < -0.3 is 5.32 Å². The number of halogens is 1. The fraction of sp³-hybridized carbons (Fsp3) is 0.600. The number of rotatable bonds is 2. The zero-order valence-corrected chi connectivity index (χ0v) is 11.0. The van der Waals surface area contributed by atoms with Crippen LogP contribution in [0.5, 0.6) is 0 Å². The molecule has 2 atom stereocenters. The molecule has 0 aromatic heterocycles. The molecular formula is C15H22FN. The van der Waals surface area contributed by atoms with E-state index < -0.39 is 0 Å². The topological polar surface area (TPSA) is 12.0 Å². The summed E-state index contributed by atoms with van der Waals surface area (Å²) in [5, 5.41) is 3.40. The number of piperidine rings is 1. The van der Waals surface area contributed by atoms with Crippen molar-refractivity contribution in [2.24, 2.45) is 11.3 Å². The third-order valence-electron chi connectivity index (χ3n) is 4.58. The third kappa shape index (κ3) is 2.23. The number of hydrogen-bond donors (Lipinski definition) is 1. The first-order chi connectivity index (χ1) is 8.05. The number of benzene rings is 1. The second kappa shape index (κ2) is 4.77. The van der Waals surface area contributed by atoms with Crippen molar-refractivity contribution < 1.29 is 4.39 Å². The van der Waals surface area contributed by atoms with Crippen molar-refractivity contribution in [2.75, 3.05) is 13.1 Å². The zero-order valence-electron chi connectivity index (χ0n) is 11.0. The highest BCUT2D eigenvalue weighted by atomic mass is 19.1. The van der Waals surface area contributed by atoms with Gasteiger partial charge in [-0.05, 0) is 35.9 Å². The highest BCUT2D eigenvalue weighted by molar-refractivity contribution is 5.25. The molecule has 1 saturated heterocycles. The summed E-state index contributed by atoms with van der Waals surface area (Å²) in [4.78, 5) is 0. The smallest absolute Gasteiger partial charge is 0.126 e. The first-order valence-electron chi connectivity index (χ1n) is 6.51. The Hall–Kier alpha value is -0.890. The minimum atomic E-state index is -0.0620. The van der Waals surface area contributed by atoms with Gasteiger partial charge in [-0.2, -0.15) is 0 Å². The molecule has 1 heterocycles. The summed E-state index contributed by atoms with van der Waals surface area (Å²) < 4.78 is 14.0. The normalized spacial score (nSPS) is 29.6. The molecule has 0 saturated carbocycles. The molecule has 0 bridgehead atoms. The van der Waals surface area contributed by atoms with Gasteiger partial charge in [0.2, 0.25) is 0 Å². The van der Waals surface area contributed by atoms with Gasteiger partial charge in [0.25, 0.3) is 0 Å². The van der Waals surface area contributed by atoms with Crippen LogP contribution in [0.2, 0.25) is 0 Å². The molecular weight excluding hydrogens is 213 g/mol. The Labute approximate surface area is 103 Å². The second-order valence-electron chi connectivity index (χ2n) is 5.69. The molecule has 94 valence electrons. The van der Waals surface area contributed by atoms with Gasteiger partial charge in [-0.15, -0.1) is 0 Å². The molecule has 2 heteroatoms. The van der Waals surface area contributed by atoms with Crippen molar-refractivity contribution in [1.82, 2.24) is 5.32 Å². The molecule has 1 aliphatic rings. The largest absolute Gasteiger partial charge is 0.316 e. The minimum absolute atomic E-state index is 0.0620. The Morgan fingerprint density at radius 2 is 2.06 bits per heavy atom. The van der Waals surface area contributed by atoms with Gasteiger partial charge in [-0.3, -0.25) is 0 Å². The maximum Gasteiger partial charge on any atom is 0.126 e. The summed E-state index contributed by atoms with van der Waals surface area (Å²) in [6, 6.07) is 7.22. The van der Waals surface area contributed by atoms with Crippen molar-refractivity contribution in [3.8, 4) is 0 Å². The van der Waals surface area contributed by atoms with E-state index in [1.54, 1.807) is 12.1 Å². The Morgan fingerprint density at radius 3 is 2.71 bits per heavy atom. The number of nitrogens with one attached hydrogen (secondary N) is 1. The first kappa shape index (κ1) is 12.6. The average Bonchev–Trinajstić information content (AvgIpc) is 2.31. The lowest BCUT2D eigenvalue weighted by Gasteiger charge is -2.45. The molecule has 2 rings (SSSR count). The molecule has 0 spiro atoms. The van der Waals surface area contributed by atoms with Crippen LogP contribution >= 0.6 is 0 Å². The summed E-state index contributed by atoms with van der Waals surface area (Å²) in [6.07, 6.45) is 1.11. The van der Waals surface area contributed by atoms with Crippen molar-refractivity contribution in [1.29, 1.82) is 0 Å². The first-order valence-corrected chi connectivity index (χ1v) is 6.51. The highest BCUT2D eigenvalue weighted by Crippen LogP contribution is 2.46. The number of hydrogen-bond acceptors (Lipinski definition) is 1. The fourth-order valence-electron chi connectivity index (χ4n) is 2.93. The van der Waals surface area contributed by atoms with E-state index >= 15 is 0 Å². The molecule has 1 fully saturated rings. The molecule has 1 N–H and O–H groups in total. The summed E-state index contributed by atoms with van der Waals surface area (Å²) >= 11 is 0. The fourth-order valence-corrected chi connectivity index (χ4v) is 2.93. The van der Waals surface area contributed by atoms with Crippen LogP contribution in [0.4, 0.5) is 4.39 Å². The standard InChI is InChI=1S/C15H22FN/c1-11(2)15(3)8-9-17-10-13(15)12-6-4-5-7-14(12)16/h4-7,11,13,17H,8-10H2,1-3H3. The van der Waals surface area contributed by atoms with E-state index in [0.717, 1.165) is 25.1 Å². The molecule has 1 aromatic rings. The van der Waals surface area contributed by atoms with Crippen LogP contribution in [0.15, 0.2) is 24.3 Å². The van der Waals surface area contributed by atoms with E-state index in [1.807, 2.05) is 12.1 Å². The SMILES string of the molecule is CC(C)C1(C)CCNCC1c1ccccc1F. The Bertz CT molecular complexity index is 388. The van der Waals surface area contributed by atoms with E-state index in [-0.39, 0.29) is 17.2 Å². The summed E-state index contributed by atoms with van der Waals surface area (Å²) in [5.74, 6) is 0.778. The van der Waals surface area contributed by atoms with Gasteiger partial charge in [-0.25, -0.2) is 4.39 Å². The molecule has 1 aromatic carbocycles. The van der Waals surface area contributed by atoms with E-state index in [9.17, 15) is 4.39 Å². The van der Waals surface area contributed by atoms with Crippen LogP contribution in [0.3, 0.4) is 0 Å². The molecule has 17 heavy (non-hydrogen) atoms. The predicted octanol–water partition coefficient (Wildman–Crippen LogP) is 3.56. The summed E-state index contributed by atoms with van der Waals surface area (Å²) in [6.45, 7) is 8.73. The van der Waals surface area contributed by atoms with Crippen molar-refractivity contribution in [3.05, 3.63) is 35.6 Å². The van der Waals surface area contributed by atoms with Crippen LogP contribution in [0, 0.1) is 17.2 Å². The van der Waals surface area contributed by atoms with E-state index in [4.69, 9.17) is 0 Å². The van der Waals surface area contributed by atoms with Crippen molar-refractivity contribution in [3.63, 3.8) is 0 Å². The zero-order chi connectivity index (χ0) is 12.5. The minimum Gasteiger partial charge on any atom is -0.316 e. The van der Waals surface area contributed by atoms with Crippen molar-refractivity contribution >= 4 is 0 Å². The third-order valence-corrected chi connectivity index (χ3v) is 4.58. The Morgan fingerprint density at radius 1 is 1.35 bits per heavy atom. The lowest BCUT2D eigenvalue weighted by molar-refractivity contribution is 0.118. The molecule has 0 radical (unpaired) electrons. The highest BCUT2D eigenvalue weighted by Gasteiger charge is 2.40. The van der Waals surface area contributed by atoms with Gasteiger partial charge in [-0.1, -0.05) is 39.0 Å². The second-order valence-corrected chi connectivity index (χ2v) is 5.69. The van der Waals surface area contributed by atoms with Gasteiger partial charge in [0.15, 0.2) is 0 Å². The monoisotopic (exact) mass is 235 g/mol. The van der Waals surface area contributed by atoms with Crippen LogP contribution in [0.25, 0.3) is 0 Å². The van der Waals surface area contributed by atoms with Crippen LogP contribution in [-0.2, 0) is 0 Å². The molecule has 0 amide bonds.